The zero-order chi connectivity index (χ0) is 16.9. The maximum absolute atomic E-state index is 11.8. The summed E-state index contributed by atoms with van der Waals surface area (Å²) in [5.41, 5.74) is 1.95. The van der Waals surface area contributed by atoms with Crippen molar-refractivity contribution in [1.29, 1.82) is 0 Å². The van der Waals surface area contributed by atoms with Crippen LogP contribution < -0.4 is 4.87 Å². The van der Waals surface area contributed by atoms with Crippen molar-refractivity contribution in [2.75, 3.05) is 19.7 Å². The predicted octanol–water partition coefficient (Wildman–Crippen LogP) is 2.88. The molecule has 5 nitrogen and oxygen atoms in total. The Balaban J connectivity index is 1.66. The molecule has 1 saturated heterocycles. The summed E-state index contributed by atoms with van der Waals surface area (Å²) in [5.74, 6) is -0.0619. The third-order valence-corrected chi connectivity index (χ3v) is 5.23. The summed E-state index contributed by atoms with van der Waals surface area (Å²) in [6, 6.07) is 9.93. The molecule has 1 N–H and O–H groups in total. The molecule has 1 aliphatic heterocycles. The molecule has 2 heterocycles. The summed E-state index contributed by atoms with van der Waals surface area (Å²) in [6.45, 7) is 4.72. The average molecular weight is 346 g/mol. The molecule has 1 aromatic carbocycles. The SMILES string of the molecule is CCOC(=O)C1CCN(Cc2sc(=O)[nH]c2-c2ccccc2)CC1. The standard InChI is InChI=1S/C18H22N2O3S/c1-2-23-17(21)14-8-10-20(11-9-14)12-15-16(19-18(22)24-15)13-6-4-3-5-7-13/h3-7,14H,2,8-12H2,1H3,(H,19,22). The van der Waals surface area contributed by atoms with E-state index in [4.69, 9.17) is 4.74 Å². The van der Waals surface area contributed by atoms with E-state index in [0.717, 1.165) is 48.6 Å². The number of esters is 1. The summed E-state index contributed by atoms with van der Waals surface area (Å²) in [6.07, 6.45) is 1.64. The van der Waals surface area contributed by atoms with Crippen LogP contribution in [-0.4, -0.2) is 35.5 Å². The molecule has 1 aromatic heterocycles. The molecule has 0 aliphatic carbocycles. The molecule has 1 fully saturated rings. The van der Waals surface area contributed by atoms with Gasteiger partial charge in [0.2, 0.25) is 0 Å². The highest BCUT2D eigenvalue weighted by atomic mass is 32.1. The summed E-state index contributed by atoms with van der Waals surface area (Å²) >= 11 is 1.27. The highest BCUT2D eigenvalue weighted by Gasteiger charge is 2.26. The average Bonchev–Trinajstić information content (AvgIpc) is 2.97. The van der Waals surface area contributed by atoms with E-state index in [1.54, 1.807) is 0 Å². The van der Waals surface area contributed by atoms with Crippen molar-refractivity contribution in [3.05, 3.63) is 44.9 Å². The number of benzene rings is 1. The first kappa shape index (κ1) is 16.9. The Morgan fingerprint density at radius 2 is 2.00 bits per heavy atom. The van der Waals surface area contributed by atoms with Crippen LogP contribution in [-0.2, 0) is 16.1 Å². The minimum Gasteiger partial charge on any atom is -0.466 e. The quantitative estimate of drug-likeness (QED) is 0.846. The molecule has 1 aliphatic rings. The maximum Gasteiger partial charge on any atom is 0.309 e. The lowest BCUT2D eigenvalue weighted by Crippen LogP contribution is -2.36. The summed E-state index contributed by atoms with van der Waals surface area (Å²) < 4.78 is 5.11. The molecule has 0 bridgehead atoms. The van der Waals surface area contributed by atoms with Gasteiger partial charge in [0.1, 0.15) is 0 Å². The highest BCUT2D eigenvalue weighted by Crippen LogP contribution is 2.26. The van der Waals surface area contributed by atoms with Gasteiger partial charge >= 0.3 is 10.8 Å². The van der Waals surface area contributed by atoms with E-state index in [0.29, 0.717) is 6.61 Å². The molecule has 24 heavy (non-hydrogen) atoms. The lowest BCUT2D eigenvalue weighted by Gasteiger charge is -2.30. The number of ether oxygens (including phenoxy) is 1. The van der Waals surface area contributed by atoms with E-state index in [9.17, 15) is 9.59 Å². The Morgan fingerprint density at radius 3 is 2.67 bits per heavy atom. The van der Waals surface area contributed by atoms with Crippen LogP contribution in [0, 0.1) is 5.92 Å². The van der Waals surface area contributed by atoms with Gasteiger partial charge in [0.15, 0.2) is 0 Å². The van der Waals surface area contributed by atoms with Crippen LogP contribution in [0.4, 0.5) is 0 Å². The number of nitrogens with one attached hydrogen (secondary N) is 1. The van der Waals surface area contributed by atoms with E-state index in [2.05, 4.69) is 9.88 Å². The molecule has 2 aromatic rings. The van der Waals surface area contributed by atoms with Crippen LogP contribution in [0.1, 0.15) is 24.6 Å². The molecule has 0 radical (unpaired) electrons. The van der Waals surface area contributed by atoms with Gasteiger partial charge in [0.25, 0.3) is 0 Å². The predicted molar refractivity (Wildman–Crippen MR) is 95.0 cm³/mol. The lowest BCUT2D eigenvalue weighted by atomic mass is 9.97. The Hall–Kier alpha value is -1.92. The van der Waals surface area contributed by atoms with E-state index in [-0.39, 0.29) is 16.8 Å². The van der Waals surface area contributed by atoms with Crippen LogP contribution >= 0.6 is 11.3 Å². The number of carbonyl (C=O) groups excluding carboxylic acids is 1. The van der Waals surface area contributed by atoms with Gasteiger partial charge in [-0.15, -0.1) is 0 Å². The molecular formula is C18H22N2O3S. The first-order valence-electron chi connectivity index (χ1n) is 8.33. The van der Waals surface area contributed by atoms with Gasteiger partial charge in [-0.2, -0.15) is 0 Å². The van der Waals surface area contributed by atoms with Crippen LogP contribution in [0.3, 0.4) is 0 Å². The molecular weight excluding hydrogens is 324 g/mol. The van der Waals surface area contributed by atoms with Crippen molar-refractivity contribution in [3.8, 4) is 11.3 Å². The second kappa shape index (κ2) is 7.77. The van der Waals surface area contributed by atoms with E-state index in [1.807, 2.05) is 37.3 Å². The number of aromatic amines is 1. The van der Waals surface area contributed by atoms with E-state index < -0.39 is 0 Å². The second-order valence-corrected chi connectivity index (χ2v) is 7.05. The Labute approximate surface area is 145 Å². The molecule has 128 valence electrons. The summed E-state index contributed by atoms with van der Waals surface area (Å²) in [7, 11) is 0. The number of carbonyl (C=O) groups is 1. The zero-order valence-electron chi connectivity index (χ0n) is 13.8. The monoisotopic (exact) mass is 346 g/mol. The van der Waals surface area contributed by atoms with Gasteiger partial charge in [-0.05, 0) is 38.4 Å². The summed E-state index contributed by atoms with van der Waals surface area (Å²) in [5, 5.41) is 0. The third kappa shape index (κ3) is 3.94. The van der Waals surface area contributed by atoms with E-state index in [1.165, 1.54) is 11.3 Å². The number of nitrogens with zero attached hydrogens (tertiary/aromatic N) is 1. The molecule has 6 heteroatoms. The number of H-pyrrole nitrogens is 1. The number of thiazole rings is 1. The Kier molecular flexibility index (Phi) is 5.48. The zero-order valence-corrected chi connectivity index (χ0v) is 14.6. The first-order chi connectivity index (χ1) is 11.7. The fraction of sp³-hybridized carbons (Fsp3) is 0.444. The number of hydrogen-bond donors (Lipinski definition) is 1. The van der Waals surface area contributed by atoms with Gasteiger partial charge in [0, 0.05) is 11.4 Å². The van der Waals surface area contributed by atoms with Crippen molar-refractivity contribution >= 4 is 17.3 Å². The van der Waals surface area contributed by atoms with Crippen molar-refractivity contribution < 1.29 is 9.53 Å². The smallest absolute Gasteiger partial charge is 0.309 e. The van der Waals surface area contributed by atoms with Crippen LogP contribution in [0.25, 0.3) is 11.3 Å². The minimum atomic E-state index is -0.0755. The minimum absolute atomic E-state index is 0.0137. The number of hydrogen-bond acceptors (Lipinski definition) is 5. The number of aromatic nitrogens is 1. The van der Waals surface area contributed by atoms with Crippen LogP contribution in [0.15, 0.2) is 35.1 Å². The summed E-state index contributed by atoms with van der Waals surface area (Å²) in [4.78, 5) is 29.9. The van der Waals surface area contributed by atoms with Crippen molar-refractivity contribution in [1.82, 2.24) is 9.88 Å². The highest BCUT2D eigenvalue weighted by molar-refractivity contribution is 7.09. The van der Waals surface area contributed by atoms with Gasteiger partial charge in [0.05, 0.1) is 18.2 Å². The lowest BCUT2D eigenvalue weighted by molar-refractivity contribution is -0.149. The molecule has 0 saturated carbocycles. The van der Waals surface area contributed by atoms with Gasteiger partial charge in [-0.3, -0.25) is 14.5 Å². The molecule has 0 spiro atoms. The Morgan fingerprint density at radius 1 is 1.29 bits per heavy atom. The Bertz CT molecular complexity index is 730. The molecule has 0 unspecified atom stereocenters. The number of likely N-dealkylation sites (tertiary alicyclic amines) is 1. The fourth-order valence-electron chi connectivity index (χ4n) is 3.10. The van der Waals surface area contributed by atoms with Crippen LogP contribution in [0.2, 0.25) is 0 Å². The van der Waals surface area contributed by atoms with Crippen LogP contribution in [0.5, 0.6) is 0 Å². The molecule has 0 atom stereocenters. The van der Waals surface area contributed by atoms with E-state index >= 15 is 0 Å². The van der Waals surface area contributed by atoms with Gasteiger partial charge in [-0.25, -0.2) is 0 Å². The largest absolute Gasteiger partial charge is 0.466 e. The van der Waals surface area contributed by atoms with Gasteiger partial charge < -0.3 is 9.72 Å². The number of rotatable bonds is 5. The number of piperidine rings is 1. The van der Waals surface area contributed by atoms with Crippen molar-refractivity contribution in [3.63, 3.8) is 0 Å². The topological polar surface area (TPSA) is 62.4 Å². The van der Waals surface area contributed by atoms with Crippen molar-refractivity contribution in [2.45, 2.75) is 26.3 Å². The third-order valence-electron chi connectivity index (χ3n) is 4.36. The van der Waals surface area contributed by atoms with Crippen molar-refractivity contribution in [2.24, 2.45) is 5.92 Å². The normalized spacial score (nSPS) is 16.2. The molecule has 3 rings (SSSR count). The molecule has 0 amide bonds. The first-order valence-corrected chi connectivity index (χ1v) is 9.15. The fourth-order valence-corrected chi connectivity index (χ4v) is 3.99. The maximum atomic E-state index is 11.8. The van der Waals surface area contributed by atoms with Gasteiger partial charge in [-0.1, -0.05) is 41.7 Å². The second-order valence-electron chi connectivity index (χ2n) is 5.98.